The van der Waals surface area contributed by atoms with E-state index in [4.69, 9.17) is 4.74 Å². The second kappa shape index (κ2) is 4.22. The number of fused-ring (bicyclic) bond motifs is 1. The molecular weight excluding hydrogens is 305 g/mol. The molecule has 0 amide bonds. The Hall–Kier alpha value is -1.04. The first-order valence-electron chi connectivity index (χ1n) is 4.53. The van der Waals surface area contributed by atoms with E-state index >= 15 is 0 Å². The van der Waals surface area contributed by atoms with Crippen LogP contribution in [0.5, 0.6) is 5.75 Å². The number of aromatic nitrogens is 1. The normalized spacial score (nSPS) is 10.5. The predicted molar refractivity (Wildman–Crippen MR) is 67.6 cm³/mol. The van der Waals surface area contributed by atoms with Crippen molar-refractivity contribution in [3.8, 4) is 5.75 Å². The Balaban J connectivity index is 2.51. The van der Waals surface area contributed by atoms with Crippen molar-refractivity contribution in [2.24, 2.45) is 0 Å². The molecule has 2 aromatic rings. The number of hydrogen-bond donors (Lipinski definition) is 1. The van der Waals surface area contributed by atoms with Gasteiger partial charge >= 0.3 is 0 Å². The van der Waals surface area contributed by atoms with Gasteiger partial charge in [-0.2, -0.15) is 0 Å². The third-order valence-corrected chi connectivity index (χ3v) is 2.69. The Morgan fingerprint density at radius 3 is 3.00 bits per heavy atom. The number of nitrogens with one attached hydrogen (secondary N) is 1. The zero-order valence-corrected chi connectivity index (χ0v) is 10.4. The number of hydrogen-bond acceptors (Lipinski definition) is 2. The van der Waals surface area contributed by atoms with Crippen LogP contribution in [0.15, 0.2) is 24.4 Å². The number of halogens is 1. The Morgan fingerprint density at radius 2 is 2.33 bits per heavy atom. The molecule has 0 saturated carbocycles. The summed E-state index contributed by atoms with van der Waals surface area (Å²) in [6, 6.07) is 5.80. The van der Waals surface area contributed by atoms with Gasteiger partial charge in [0.25, 0.3) is 0 Å². The molecule has 0 aliphatic carbocycles. The molecule has 0 saturated heterocycles. The summed E-state index contributed by atoms with van der Waals surface area (Å²) in [4.78, 5) is 14.2. The first kappa shape index (κ1) is 10.5. The Bertz CT molecular complexity index is 504. The van der Waals surface area contributed by atoms with Crippen molar-refractivity contribution < 1.29 is 9.53 Å². The van der Waals surface area contributed by atoms with Crippen LogP contribution < -0.4 is 4.74 Å². The van der Waals surface area contributed by atoms with E-state index in [0.29, 0.717) is 6.42 Å². The summed E-state index contributed by atoms with van der Waals surface area (Å²) >= 11 is 1.81. The summed E-state index contributed by atoms with van der Waals surface area (Å²) in [5.41, 5.74) is 2.05. The van der Waals surface area contributed by atoms with Crippen LogP contribution in [0.4, 0.5) is 0 Å². The molecule has 0 bridgehead atoms. The van der Waals surface area contributed by atoms with Crippen LogP contribution in [0.1, 0.15) is 5.56 Å². The summed E-state index contributed by atoms with van der Waals surface area (Å²) in [6.45, 7) is 0. The Morgan fingerprint density at radius 1 is 1.53 bits per heavy atom. The van der Waals surface area contributed by atoms with Gasteiger partial charge in [-0.05, 0) is 46.4 Å². The number of carbonyl (C=O) groups is 1. The van der Waals surface area contributed by atoms with E-state index in [1.807, 2.05) is 47.0 Å². The summed E-state index contributed by atoms with van der Waals surface area (Å²) < 4.78 is 5.29. The molecule has 0 radical (unpaired) electrons. The number of aromatic amines is 1. The van der Waals surface area contributed by atoms with Crippen LogP contribution in [-0.4, -0.2) is 15.9 Å². The molecule has 3 nitrogen and oxygen atoms in total. The number of carbonyl (C=O) groups excluding carboxylic acids is 1. The lowest BCUT2D eigenvalue weighted by Gasteiger charge is -2.00. The van der Waals surface area contributed by atoms with Crippen LogP contribution in [0.25, 0.3) is 10.9 Å². The highest BCUT2D eigenvalue weighted by atomic mass is 127. The summed E-state index contributed by atoms with van der Waals surface area (Å²) in [6.07, 6.45) is 2.33. The van der Waals surface area contributed by atoms with E-state index in [2.05, 4.69) is 4.98 Å². The molecule has 15 heavy (non-hydrogen) atoms. The van der Waals surface area contributed by atoms with Crippen LogP contribution in [0.3, 0.4) is 0 Å². The smallest absolute Gasteiger partial charge is 0.196 e. The van der Waals surface area contributed by atoms with Crippen molar-refractivity contribution >= 4 is 37.3 Å². The topological polar surface area (TPSA) is 42.1 Å². The maximum atomic E-state index is 11.1. The summed E-state index contributed by atoms with van der Waals surface area (Å²) in [5, 5.41) is 1.05. The van der Waals surface area contributed by atoms with E-state index in [9.17, 15) is 4.79 Å². The fourth-order valence-corrected chi connectivity index (χ4v) is 1.99. The van der Waals surface area contributed by atoms with Gasteiger partial charge in [-0.25, -0.2) is 0 Å². The molecule has 4 heteroatoms. The second-order valence-corrected chi connectivity index (χ2v) is 4.46. The zero-order chi connectivity index (χ0) is 10.8. The van der Waals surface area contributed by atoms with Crippen molar-refractivity contribution in [3.05, 3.63) is 30.0 Å². The van der Waals surface area contributed by atoms with E-state index in [-0.39, 0.29) is 3.79 Å². The largest absolute Gasteiger partial charge is 0.497 e. The van der Waals surface area contributed by atoms with Gasteiger partial charge in [0.15, 0.2) is 3.79 Å². The average molecular weight is 315 g/mol. The minimum atomic E-state index is 0.135. The van der Waals surface area contributed by atoms with Crippen molar-refractivity contribution in [2.75, 3.05) is 7.11 Å². The SMILES string of the molecule is COc1ccc2[nH]cc(CC(=O)I)c2c1. The quantitative estimate of drug-likeness (QED) is 0.699. The van der Waals surface area contributed by atoms with Crippen molar-refractivity contribution in [1.82, 2.24) is 4.98 Å². The van der Waals surface area contributed by atoms with E-state index in [0.717, 1.165) is 22.2 Å². The molecule has 0 fully saturated rings. The van der Waals surface area contributed by atoms with Gasteiger partial charge < -0.3 is 9.72 Å². The lowest BCUT2D eigenvalue weighted by Crippen LogP contribution is -1.91. The van der Waals surface area contributed by atoms with Crippen LogP contribution in [0, 0.1) is 0 Å². The molecule has 0 spiro atoms. The zero-order valence-electron chi connectivity index (χ0n) is 8.21. The fourth-order valence-electron chi connectivity index (χ4n) is 1.58. The van der Waals surface area contributed by atoms with E-state index in [1.54, 1.807) is 7.11 Å². The van der Waals surface area contributed by atoms with Crippen molar-refractivity contribution in [3.63, 3.8) is 0 Å². The molecule has 0 aliphatic heterocycles. The molecule has 0 atom stereocenters. The van der Waals surface area contributed by atoms with Crippen molar-refractivity contribution in [1.29, 1.82) is 0 Å². The lowest BCUT2D eigenvalue weighted by molar-refractivity contribution is -0.108. The lowest BCUT2D eigenvalue weighted by atomic mass is 10.1. The second-order valence-electron chi connectivity index (χ2n) is 3.26. The fraction of sp³-hybridized carbons (Fsp3) is 0.182. The highest BCUT2D eigenvalue weighted by Gasteiger charge is 2.07. The van der Waals surface area contributed by atoms with E-state index < -0.39 is 0 Å². The monoisotopic (exact) mass is 315 g/mol. The third-order valence-electron chi connectivity index (χ3n) is 2.30. The molecule has 1 heterocycles. The van der Waals surface area contributed by atoms with Gasteiger partial charge in [0.1, 0.15) is 5.75 Å². The maximum Gasteiger partial charge on any atom is 0.196 e. The van der Waals surface area contributed by atoms with Gasteiger partial charge in [0, 0.05) is 23.5 Å². The van der Waals surface area contributed by atoms with Crippen LogP contribution in [0.2, 0.25) is 0 Å². The summed E-state index contributed by atoms with van der Waals surface area (Å²) in [5.74, 6) is 0.809. The minimum Gasteiger partial charge on any atom is -0.497 e. The molecular formula is C11H10INO2. The van der Waals surface area contributed by atoms with E-state index in [1.165, 1.54) is 0 Å². The highest BCUT2D eigenvalue weighted by molar-refractivity contribution is 14.1. The summed E-state index contributed by atoms with van der Waals surface area (Å²) in [7, 11) is 1.64. The maximum absolute atomic E-state index is 11.1. The first-order chi connectivity index (χ1) is 7.20. The molecule has 1 aromatic carbocycles. The van der Waals surface area contributed by atoms with Crippen LogP contribution >= 0.6 is 22.6 Å². The number of methoxy groups -OCH3 is 1. The highest BCUT2D eigenvalue weighted by Crippen LogP contribution is 2.24. The number of ether oxygens (including phenoxy) is 1. The molecule has 0 unspecified atom stereocenters. The Labute approximate surface area is 101 Å². The molecule has 78 valence electrons. The number of benzene rings is 1. The van der Waals surface area contributed by atoms with Gasteiger partial charge in [-0.15, -0.1) is 0 Å². The van der Waals surface area contributed by atoms with Gasteiger partial charge in [-0.1, -0.05) is 0 Å². The first-order valence-corrected chi connectivity index (χ1v) is 5.61. The molecule has 2 rings (SSSR count). The average Bonchev–Trinajstić information content (AvgIpc) is 2.60. The number of rotatable bonds is 3. The molecule has 0 aliphatic rings. The van der Waals surface area contributed by atoms with Crippen molar-refractivity contribution in [2.45, 2.75) is 6.42 Å². The minimum absolute atomic E-state index is 0.135. The van der Waals surface area contributed by atoms with Gasteiger partial charge in [0.2, 0.25) is 0 Å². The Kier molecular flexibility index (Phi) is 2.95. The van der Waals surface area contributed by atoms with Gasteiger partial charge in [-0.3, -0.25) is 4.79 Å². The standard InChI is InChI=1S/C11H10INO2/c1-15-8-2-3-10-9(5-8)7(6-13-10)4-11(12)14/h2-3,5-6,13H,4H2,1H3. The predicted octanol–water partition coefficient (Wildman–Crippen LogP) is 2.68. The molecule has 1 aromatic heterocycles. The molecule has 1 N–H and O–H groups in total. The number of H-pyrrole nitrogens is 1. The van der Waals surface area contributed by atoms with Gasteiger partial charge in [0.05, 0.1) is 7.11 Å². The third kappa shape index (κ3) is 2.14. The van der Waals surface area contributed by atoms with Crippen LogP contribution in [-0.2, 0) is 11.2 Å².